The summed E-state index contributed by atoms with van der Waals surface area (Å²) in [5.74, 6) is -0.129. The molecule has 3 rings (SSSR count). The van der Waals surface area contributed by atoms with Crippen molar-refractivity contribution in [3.63, 3.8) is 0 Å². The third-order valence-electron chi connectivity index (χ3n) is 3.76. The maximum atomic E-state index is 10.8. The average Bonchev–Trinajstić information content (AvgIpc) is 2.56. The van der Waals surface area contributed by atoms with Crippen LogP contribution in [0.5, 0.6) is 5.75 Å². The maximum absolute atomic E-state index is 10.8. The van der Waals surface area contributed by atoms with Gasteiger partial charge in [0.1, 0.15) is 0 Å². The molecular formula is C18H17O4P. The Kier molecular flexibility index (Phi) is 3.71. The van der Waals surface area contributed by atoms with Gasteiger partial charge >= 0.3 is 133 Å². The van der Waals surface area contributed by atoms with Crippen LogP contribution < -0.4 is 10.6 Å². The zero-order valence-corrected chi connectivity index (χ0v) is 13.1. The van der Waals surface area contributed by atoms with Gasteiger partial charge < -0.3 is 0 Å². The predicted molar refractivity (Wildman–Crippen MR) is 92.8 cm³/mol. The Morgan fingerprint density at radius 1 is 0.609 bits per heavy atom. The van der Waals surface area contributed by atoms with Gasteiger partial charge in [-0.15, -0.1) is 0 Å². The summed E-state index contributed by atoms with van der Waals surface area (Å²) in [4.78, 5) is 32.5. The molecule has 4 N–H and O–H groups in total. The first-order chi connectivity index (χ1) is 10.9. The molecule has 0 bridgehead atoms. The van der Waals surface area contributed by atoms with Crippen molar-refractivity contribution in [2.24, 2.45) is 0 Å². The summed E-state index contributed by atoms with van der Waals surface area (Å²) >= 11 is 0. The molecule has 0 fully saturated rings. The van der Waals surface area contributed by atoms with E-state index in [1.54, 1.807) is 42.5 Å². The fourth-order valence-corrected chi connectivity index (χ4v) is 4.63. The molecule has 0 saturated carbocycles. The minimum absolute atomic E-state index is 0.0151. The average molecular weight is 328 g/mol. The summed E-state index contributed by atoms with van der Waals surface area (Å²) in [6.45, 7) is 0. The Balaban J connectivity index is 2.31. The first-order valence-electron chi connectivity index (χ1n) is 7.09. The van der Waals surface area contributed by atoms with Gasteiger partial charge in [-0.1, -0.05) is 0 Å². The van der Waals surface area contributed by atoms with Crippen LogP contribution in [0.25, 0.3) is 11.1 Å². The summed E-state index contributed by atoms with van der Waals surface area (Å²) < 4.78 is 0. The second kappa shape index (κ2) is 5.44. The first kappa shape index (κ1) is 15.7. The molecule has 0 saturated heterocycles. The molecule has 3 aromatic carbocycles. The van der Waals surface area contributed by atoms with Crippen molar-refractivity contribution in [1.29, 1.82) is 0 Å². The molecule has 0 radical (unpaired) electrons. The van der Waals surface area contributed by atoms with E-state index in [4.69, 9.17) is 0 Å². The van der Waals surface area contributed by atoms with E-state index in [1.165, 1.54) is 30.3 Å². The molecule has 3 aromatic rings. The number of hydrogen-bond donors (Lipinski definition) is 4. The van der Waals surface area contributed by atoms with Crippen LogP contribution in [0.2, 0.25) is 0 Å². The van der Waals surface area contributed by atoms with Gasteiger partial charge in [0.2, 0.25) is 0 Å². The van der Waals surface area contributed by atoms with Gasteiger partial charge in [-0.3, -0.25) is 0 Å². The molecule has 0 amide bonds. The molecule has 0 heterocycles. The van der Waals surface area contributed by atoms with E-state index in [9.17, 15) is 19.8 Å². The van der Waals surface area contributed by atoms with Crippen molar-refractivity contribution in [3.05, 3.63) is 78.9 Å². The molecule has 118 valence electrons. The molecule has 4 nitrogen and oxygen atoms in total. The Morgan fingerprint density at radius 2 is 1.17 bits per heavy atom. The van der Waals surface area contributed by atoms with E-state index in [1.807, 2.05) is 6.07 Å². The van der Waals surface area contributed by atoms with Crippen LogP contribution in [0.3, 0.4) is 0 Å². The van der Waals surface area contributed by atoms with E-state index in [2.05, 4.69) is 0 Å². The van der Waals surface area contributed by atoms with E-state index in [0.29, 0.717) is 5.56 Å². The van der Waals surface area contributed by atoms with Crippen molar-refractivity contribution < 1.29 is 19.8 Å². The molecule has 0 unspecified atom stereocenters. The third kappa shape index (κ3) is 2.74. The molecule has 0 aliphatic heterocycles. The zero-order chi connectivity index (χ0) is 16.5. The SMILES string of the molecule is Oc1cccc(P(O)(O)(O)c2ccccc2)c1-c1ccccc1. The molecule has 0 aromatic heterocycles. The Morgan fingerprint density at radius 3 is 1.78 bits per heavy atom. The summed E-state index contributed by atoms with van der Waals surface area (Å²) in [5, 5.41) is 10.2. The molecule has 0 spiro atoms. The van der Waals surface area contributed by atoms with Gasteiger partial charge in [-0.25, -0.2) is 0 Å². The Hall–Kier alpha value is -2.23. The van der Waals surface area contributed by atoms with Gasteiger partial charge in [0.25, 0.3) is 0 Å². The van der Waals surface area contributed by atoms with Gasteiger partial charge in [0.05, 0.1) is 0 Å². The topological polar surface area (TPSA) is 80.9 Å². The monoisotopic (exact) mass is 328 g/mol. The summed E-state index contributed by atoms with van der Waals surface area (Å²) in [6.07, 6.45) is 0. The Bertz CT molecular complexity index is 824. The summed E-state index contributed by atoms with van der Waals surface area (Å²) in [7, 11) is -5.36. The second-order valence-corrected chi connectivity index (χ2v) is 8.31. The van der Waals surface area contributed by atoms with Crippen LogP contribution in [-0.2, 0) is 0 Å². The van der Waals surface area contributed by atoms with Crippen LogP contribution in [-0.4, -0.2) is 19.8 Å². The quantitative estimate of drug-likeness (QED) is 0.556. The van der Waals surface area contributed by atoms with Crippen LogP contribution in [0.1, 0.15) is 0 Å². The number of rotatable bonds is 3. The summed E-state index contributed by atoms with van der Waals surface area (Å²) in [6, 6.07) is 21.0. The van der Waals surface area contributed by atoms with Crippen molar-refractivity contribution in [1.82, 2.24) is 0 Å². The van der Waals surface area contributed by atoms with Crippen LogP contribution in [0, 0.1) is 0 Å². The number of benzene rings is 3. The van der Waals surface area contributed by atoms with Gasteiger partial charge in [-0.2, -0.15) is 0 Å². The molecular weight excluding hydrogens is 311 g/mol. The van der Waals surface area contributed by atoms with Crippen molar-refractivity contribution in [3.8, 4) is 16.9 Å². The minimum atomic E-state index is -5.36. The normalized spacial score (nSPS) is 13.3. The molecule has 0 aliphatic carbocycles. The van der Waals surface area contributed by atoms with E-state index < -0.39 is 7.28 Å². The summed E-state index contributed by atoms with van der Waals surface area (Å²) in [5.41, 5.74) is 0.796. The fraction of sp³-hybridized carbons (Fsp3) is 0. The third-order valence-corrected chi connectivity index (χ3v) is 6.27. The van der Waals surface area contributed by atoms with Crippen LogP contribution in [0.15, 0.2) is 78.9 Å². The van der Waals surface area contributed by atoms with Crippen LogP contribution >= 0.6 is 7.28 Å². The van der Waals surface area contributed by atoms with Gasteiger partial charge in [-0.05, 0) is 0 Å². The number of aromatic hydroxyl groups is 1. The first-order valence-corrected chi connectivity index (χ1v) is 9.18. The zero-order valence-electron chi connectivity index (χ0n) is 12.2. The van der Waals surface area contributed by atoms with Crippen molar-refractivity contribution >= 4 is 17.9 Å². The van der Waals surface area contributed by atoms with E-state index in [0.717, 1.165) is 0 Å². The number of hydrogen-bond acceptors (Lipinski definition) is 4. The van der Waals surface area contributed by atoms with Gasteiger partial charge in [0, 0.05) is 0 Å². The molecule has 0 aliphatic rings. The number of phenols is 1. The standard InChI is InChI=1S/C18H17O4P/c19-16-12-7-13-17(18(16)14-8-3-1-4-9-14)23(20,21,22)15-10-5-2-6-11-15/h1-13,19-22H. The van der Waals surface area contributed by atoms with Crippen LogP contribution in [0.4, 0.5) is 0 Å². The Labute approximate surface area is 134 Å². The number of phenolic OH excluding ortho intramolecular Hbond substituents is 1. The van der Waals surface area contributed by atoms with Crippen molar-refractivity contribution in [2.45, 2.75) is 0 Å². The second-order valence-electron chi connectivity index (χ2n) is 5.35. The van der Waals surface area contributed by atoms with E-state index in [-0.39, 0.29) is 21.9 Å². The van der Waals surface area contributed by atoms with Crippen molar-refractivity contribution in [2.75, 3.05) is 0 Å². The van der Waals surface area contributed by atoms with Gasteiger partial charge in [0.15, 0.2) is 0 Å². The molecule has 23 heavy (non-hydrogen) atoms. The fourth-order valence-electron chi connectivity index (χ4n) is 2.61. The van der Waals surface area contributed by atoms with E-state index >= 15 is 0 Å². The predicted octanol–water partition coefficient (Wildman–Crippen LogP) is 2.29. The molecule has 5 heteroatoms. The molecule has 0 atom stereocenters.